The number of aliphatic hydroxyl groups excluding tert-OH is 1. The number of nitrogens with one attached hydrogen (secondary N) is 1. The molecule has 0 spiro atoms. The number of morpholine rings is 1. The summed E-state index contributed by atoms with van der Waals surface area (Å²) in [6.45, 7) is 3.46. The lowest BCUT2D eigenvalue weighted by atomic mass is 10.2. The maximum absolute atomic E-state index is 9.18. The molecule has 2 unspecified atom stereocenters. The Morgan fingerprint density at radius 2 is 2.41 bits per heavy atom. The Hall–Kier alpha value is -1.40. The lowest BCUT2D eigenvalue weighted by Crippen LogP contribution is -2.48. The van der Waals surface area contributed by atoms with Gasteiger partial charge in [0.15, 0.2) is 0 Å². The SMILES string of the molecule is CNc1nccc(N2CC(C)OC(CO)C2)n1. The molecule has 94 valence electrons. The molecule has 0 aliphatic carbocycles. The molecule has 0 aromatic carbocycles. The molecule has 6 heteroatoms. The van der Waals surface area contributed by atoms with Crippen LogP contribution in [0.2, 0.25) is 0 Å². The first-order valence-corrected chi connectivity index (χ1v) is 5.75. The highest BCUT2D eigenvalue weighted by Gasteiger charge is 2.25. The highest BCUT2D eigenvalue weighted by molar-refractivity contribution is 5.42. The molecule has 0 bridgehead atoms. The number of aromatic nitrogens is 2. The van der Waals surface area contributed by atoms with Crippen molar-refractivity contribution in [3.63, 3.8) is 0 Å². The minimum atomic E-state index is -0.147. The van der Waals surface area contributed by atoms with Crippen LogP contribution in [-0.4, -0.2) is 54.0 Å². The van der Waals surface area contributed by atoms with Crippen LogP contribution in [0.1, 0.15) is 6.92 Å². The molecule has 1 aliphatic rings. The summed E-state index contributed by atoms with van der Waals surface area (Å²) in [7, 11) is 1.79. The van der Waals surface area contributed by atoms with Crippen molar-refractivity contribution in [2.24, 2.45) is 0 Å². The van der Waals surface area contributed by atoms with Gasteiger partial charge in [0.1, 0.15) is 5.82 Å². The summed E-state index contributed by atoms with van der Waals surface area (Å²) in [5.74, 6) is 1.46. The molecule has 2 atom stereocenters. The third-order valence-electron chi connectivity index (χ3n) is 2.72. The van der Waals surface area contributed by atoms with E-state index >= 15 is 0 Å². The molecule has 1 aliphatic heterocycles. The third-order valence-corrected chi connectivity index (χ3v) is 2.72. The van der Waals surface area contributed by atoms with Crippen molar-refractivity contribution < 1.29 is 9.84 Å². The summed E-state index contributed by atoms with van der Waals surface area (Å²) in [5.41, 5.74) is 0. The topological polar surface area (TPSA) is 70.5 Å². The van der Waals surface area contributed by atoms with Crippen LogP contribution in [0, 0.1) is 0 Å². The van der Waals surface area contributed by atoms with E-state index in [1.165, 1.54) is 0 Å². The summed E-state index contributed by atoms with van der Waals surface area (Å²) >= 11 is 0. The van der Waals surface area contributed by atoms with E-state index in [1.807, 2.05) is 13.0 Å². The molecule has 2 rings (SSSR count). The molecule has 2 heterocycles. The number of hydrogen-bond acceptors (Lipinski definition) is 6. The number of hydrogen-bond donors (Lipinski definition) is 2. The fourth-order valence-electron chi connectivity index (χ4n) is 1.98. The van der Waals surface area contributed by atoms with Gasteiger partial charge in [-0.15, -0.1) is 0 Å². The second kappa shape index (κ2) is 5.29. The van der Waals surface area contributed by atoms with Crippen molar-refractivity contribution in [1.29, 1.82) is 0 Å². The fraction of sp³-hybridized carbons (Fsp3) is 0.636. The molecule has 17 heavy (non-hydrogen) atoms. The standard InChI is InChI=1S/C11H18N4O2/c1-8-5-15(6-9(7-16)17-8)10-3-4-13-11(12-2)14-10/h3-4,8-9,16H,5-7H2,1-2H3,(H,12,13,14). The van der Waals surface area contributed by atoms with Crippen LogP contribution in [0.25, 0.3) is 0 Å². The summed E-state index contributed by atoms with van der Waals surface area (Å²) < 4.78 is 5.59. The van der Waals surface area contributed by atoms with E-state index in [0.29, 0.717) is 12.5 Å². The normalized spacial score (nSPS) is 24.8. The molecule has 1 fully saturated rings. The van der Waals surface area contributed by atoms with Gasteiger partial charge in [-0.1, -0.05) is 0 Å². The number of nitrogens with zero attached hydrogens (tertiary/aromatic N) is 3. The Morgan fingerprint density at radius 1 is 1.59 bits per heavy atom. The van der Waals surface area contributed by atoms with E-state index in [4.69, 9.17) is 4.74 Å². The van der Waals surface area contributed by atoms with Crippen molar-refractivity contribution in [2.75, 3.05) is 37.0 Å². The minimum absolute atomic E-state index is 0.0325. The summed E-state index contributed by atoms with van der Waals surface area (Å²) in [4.78, 5) is 10.6. The van der Waals surface area contributed by atoms with Crippen LogP contribution in [-0.2, 0) is 4.74 Å². The first-order valence-electron chi connectivity index (χ1n) is 5.75. The largest absolute Gasteiger partial charge is 0.394 e. The van der Waals surface area contributed by atoms with Crippen molar-refractivity contribution in [2.45, 2.75) is 19.1 Å². The van der Waals surface area contributed by atoms with Crippen LogP contribution in [0.15, 0.2) is 12.3 Å². The molecule has 6 nitrogen and oxygen atoms in total. The van der Waals surface area contributed by atoms with E-state index in [2.05, 4.69) is 20.2 Å². The lowest BCUT2D eigenvalue weighted by molar-refractivity contribution is -0.0423. The van der Waals surface area contributed by atoms with Gasteiger partial charge in [-0.05, 0) is 13.0 Å². The lowest BCUT2D eigenvalue weighted by Gasteiger charge is -2.36. The Bertz CT molecular complexity index is 374. The molecule has 0 amide bonds. The van der Waals surface area contributed by atoms with E-state index in [1.54, 1.807) is 13.2 Å². The maximum Gasteiger partial charge on any atom is 0.224 e. The van der Waals surface area contributed by atoms with Gasteiger partial charge in [0, 0.05) is 26.3 Å². The summed E-state index contributed by atoms with van der Waals surface area (Å²) in [5, 5.41) is 12.1. The molecular weight excluding hydrogens is 220 g/mol. The summed E-state index contributed by atoms with van der Waals surface area (Å²) in [6.07, 6.45) is 1.67. The highest BCUT2D eigenvalue weighted by Crippen LogP contribution is 2.18. The molecule has 0 radical (unpaired) electrons. The van der Waals surface area contributed by atoms with Gasteiger partial charge in [-0.3, -0.25) is 0 Å². The van der Waals surface area contributed by atoms with Gasteiger partial charge < -0.3 is 20.1 Å². The van der Waals surface area contributed by atoms with Gasteiger partial charge in [0.2, 0.25) is 5.95 Å². The van der Waals surface area contributed by atoms with Gasteiger partial charge in [0.05, 0.1) is 18.8 Å². The van der Waals surface area contributed by atoms with Gasteiger partial charge in [-0.25, -0.2) is 4.98 Å². The molecule has 1 aromatic heterocycles. The zero-order chi connectivity index (χ0) is 12.3. The Morgan fingerprint density at radius 3 is 3.12 bits per heavy atom. The fourth-order valence-corrected chi connectivity index (χ4v) is 1.98. The van der Waals surface area contributed by atoms with E-state index in [9.17, 15) is 5.11 Å². The first kappa shape index (κ1) is 12.1. The monoisotopic (exact) mass is 238 g/mol. The Labute approximate surface area is 101 Å². The van der Waals surface area contributed by atoms with Crippen LogP contribution in [0.4, 0.5) is 11.8 Å². The quantitative estimate of drug-likeness (QED) is 0.778. The minimum Gasteiger partial charge on any atom is -0.394 e. The van der Waals surface area contributed by atoms with Gasteiger partial charge in [0.25, 0.3) is 0 Å². The van der Waals surface area contributed by atoms with E-state index in [-0.39, 0.29) is 18.8 Å². The van der Waals surface area contributed by atoms with Crippen LogP contribution in [0.5, 0.6) is 0 Å². The van der Waals surface area contributed by atoms with Crippen LogP contribution >= 0.6 is 0 Å². The zero-order valence-electron chi connectivity index (χ0n) is 10.1. The Kier molecular flexibility index (Phi) is 3.75. The van der Waals surface area contributed by atoms with Gasteiger partial charge in [-0.2, -0.15) is 4.98 Å². The Balaban J connectivity index is 2.14. The average molecular weight is 238 g/mol. The second-order valence-corrected chi connectivity index (χ2v) is 4.14. The molecule has 0 saturated carbocycles. The third kappa shape index (κ3) is 2.83. The predicted molar refractivity (Wildman–Crippen MR) is 65.2 cm³/mol. The molecule has 2 N–H and O–H groups in total. The highest BCUT2D eigenvalue weighted by atomic mass is 16.5. The van der Waals surface area contributed by atoms with E-state index < -0.39 is 0 Å². The smallest absolute Gasteiger partial charge is 0.224 e. The number of rotatable bonds is 3. The van der Waals surface area contributed by atoms with E-state index in [0.717, 1.165) is 12.4 Å². The van der Waals surface area contributed by atoms with Crippen LogP contribution < -0.4 is 10.2 Å². The van der Waals surface area contributed by atoms with Crippen molar-refractivity contribution in [3.05, 3.63) is 12.3 Å². The predicted octanol–water partition coefficient (Wildman–Crippen LogP) is 0.104. The van der Waals surface area contributed by atoms with Crippen molar-refractivity contribution in [1.82, 2.24) is 9.97 Å². The molecule has 1 aromatic rings. The number of ether oxygens (including phenoxy) is 1. The second-order valence-electron chi connectivity index (χ2n) is 4.14. The number of aliphatic hydroxyl groups is 1. The van der Waals surface area contributed by atoms with Crippen molar-refractivity contribution in [3.8, 4) is 0 Å². The first-order chi connectivity index (χ1) is 8.22. The molecule has 1 saturated heterocycles. The zero-order valence-corrected chi connectivity index (χ0v) is 10.1. The molecular formula is C11H18N4O2. The average Bonchev–Trinajstić information content (AvgIpc) is 2.38. The van der Waals surface area contributed by atoms with Crippen LogP contribution in [0.3, 0.4) is 0 Å². The summed E-state index contributed by atoms with van der Waals surface area (Å²) in [6, 6.07) is 1.87. The van der Waals surface area contributed by atoms with Gasteiger partial charge >= 0.3 is 0 Å². The maximum atomic E-state index is 9.18. The van der Waals surface area contributed by atoms with Crippen molar-refractivity contribution >= 4 is 11.8 Å². The number of anilines is 2.